The van der Waals surface area contributed by atoms with Crippen molar-refractivity contribution < 1.29 is 9.53 Å². The predicted molar refractivity (Wildman–Crippen MR) is 67.1 cm³/mol. The molecule has 0 bridgehead atoms. The van der Waals surface area contributed by atoms with Crippen molar-refractivity contribution in [2.24, 2.45) is 0 Å². The molecular formula is C12H20N4O2. The van der Waals surface area contributed by atoms with E-state index in [1.54, 1.807) is 17.3 Å². The number of ether oxygens (including phenoxy) is 1. The highest BCUT2D eigenvalue weighted by Gasteiger charge is 2.32. The van der Waals surface area contributed by atoms with Gasteiger partial charge in [-0.1, -0.05) is 0 Å². The van der Waals surface area contributed by atoms with E-state index in [0.29, 0.717) is 13.1 Å². The van der Waals surface area contributed by atoms with E-state index < -0.39 is 5.60 Å². The van der Waals surface area contributed by atoms with Gasteiger partial charge in [0.05, 0.1) is 0 Å². The summed E-state index contributed by atoms with van der Waals surface area (Å²) in [4.78, 5) is 21.2. The van der Waals surface area contributed by atoms with Crippen LogP contribution in [-0.2, 0) is 4.74 Å². The maximum Gasteiger partial charge on any atom is 0.411 e. The lowest BCUT2D eigenvalue weighted by Gasteiger charge is -2.36. The summed E-state index contributed by atoms with van der Waals surface area (Å²) in [6.45, 7) is 7.70. The molecule has 1 aliphatic rings. The molecule has 6 heteroatoms. The van der Waals surface area contributed by atoms with Gasteiger partial charge in [-0.3, -0.25) is 4.90 Å². The van der Waals surface area contributed by atoms with Gasteiger partial charge in [-0.25, -0.2) is 9.78 Å². The van der Waals surface area contributed by atoms with Crippen molar-refractivity contribution in [2.45, 2.75) is 32.4 Å². The number of piperazine rings is 1. The van der Waals surface area contributed by atoms with Crippen molar-refractivity contribution in [1.29, 1.82) is 0 Å². The molecule has 0 spiro atoms. The van der Waals surface area contributed by atoms with Gasteiger partial charge in [0, 0.05) is 32.0 Å². The average Bonchev–Trinajstić information content (AvgIpc) is 2.80. The van der Waals surface area contributed by atoms with E-state index >= 15 is 0 Å². The van der Waals surface area contributed by atoms with Crippen LogP contribution in [0.4, 0.5) is 4.79 Å². The first kappa shape index (κ1) is 12.9. The van der Waals surface area contributed by atoms with Gasteiger partial charge >= 0.3 is 6.09 Å². The monoisotopic (exact) mass is 252 g/mol. The van der Waals surface area contributed by atoms with Crippen molar-refractivity contribution in [3.63, 3.8) is 0 Å². The van der Waals surface area contributed by atoms with E-state index in [0.717, 1.165) is 12.4 Å². The maximum atomic E-state index is 12.2. The van der Waals surface area contributed by atoms with E-state index in [1.807, 2.05) is 20.8 Å². The molecule has 0 aliphatic carbocycles. The third kappa shape index (κ3) is 3.01. The Hall–Kier alpha value is -1.56. The van der Waals surface area contributed by atoms with Gasteiger partial charge in [0.25, 0.3) is 0 Å². The van der Waals surface area contributed by atoms with Gasteiger partial charge in [0.1, 0.15) is 17.5 Å². The molecule has 1 fully saturated rings. The Morgan fingerprint density at radius 2 is 2.33 bits per heavy atom. The summed E-state index contributed by atoms with van der Waals surface area (Å²) < 4.78 is 5.42. The van der Waals surface area contributed by atoms with E-state index in [9.17, 15) is 4.79 Å². The first-order chi connectivity index (χ1) is 8.47. The lowest BCUT2D eigenvalue weighted by atomic mass is 10.2. The van der Waals surface area contributed by atoms with Crippen molar-refractivity contribution in [1.82, 2.24) is 20.2 Å². The number of nitrogens with zero attached hydrogens (tertiary/aromatic N) is 2. The summed E-state index contributed by atoms with van der Waals surface area (Å²) in [5.41, 5.74) is -0.477. The highest BCUT2D eigenvalue weighted by molar-refractivity contribution is 5.69. The van der Waals surface area contributed by atoms with Gasteiger partial charge in [-0.2, -0.15) is 0 Å². The number of imidazole rings is 1. The fraction of sp³-hybridized carbons (Fsp3) is 0.667. The standard InChI is InChI=1S/C12H20N4O2/c1-12(2,3)18-11(17)16-7-6-13-8-9(16)10-14-4-5-15-10/h4-5,9,13H,6-8H2,1-3H3,(H,14,15). The predicted octanol–water partition coefficient (Wildman–Crippen LogP) is 1.29. The zero-order valence-electron chi connectivity index (χ0n) is 11.1. The smallest absolute Gasteiger partial charge is 0.411 e. The number of amides is 1. The minimum absolute atomic E-state index is 0.0939. The number of hydrogen-bond acceptors (Lipinski definition) is 4. The van der Waals surface area contributed by atoms with Gasteiger partial charge in [-0.05, 0) is 20.8 Å². The van der Waals surface area contributed by atoms with Crippen LogP contribution in [0.2, 0.25) is 0 Å². The van der Waals surface area contributed by atoms with Crippen LogP contribution in [0, 0.1) is 0 Å². The number of carbonyl (C=O) groups is 1. The zero-order chi connectivity index (χ0) is 13.2. The molecule has 18 heavy (non-hydrogen) atoms. The molecule has 100 valence electrons. The number of aromatic amines is 1. The first-order valence-electron chi connectivity index (χ1n) is 6.17. The quantitative estimate of drug-likeness (QED) is 0.790. The molecule has 6 nitrogen and oxygen atoms in total. The van der Waals surface area contributed by atoms with Gasteiger partial charge in [0.15, 0.2) is 0 Å². The SMILES string of the molecule is CC(C)(C)OC(=O)N1CCNCC1c1ncc[nH]1. The second kappa shape index (κ2) is 4.97. The minimum Gasteiger partial charge on any atom is -0.444 e. The molecule has 2 rings (SSSR count). The van der Waals surface area contributed by atoms with Crippen LogP contribution >= 0.6 is 0 Å². The molecule has 2 heterocycles. The van der Waals surface area contributed by atoms with E-state index in [1.165, 1.54) is 0 Å². The Balaban J connectivity index is 2.11. The Labute approximate surface area is 107 Å². The van der Waals surface area contributed by atoms with Gasteiger partial charge in [0.2, 0.25) is 0 Å². The molecule has 1 aromatic heterocycles. The minimum atomic E-state index is -0.477. The number of hydrogen-bond donors (Lipinski definition) is 2. The second-order valence-corrected chi connectivity index (χ2v) is 5.37. The van der Waals surface area contributed by atoms with Crippen LogP contribution in [0.1, 0.15) is 32.6 Å². The summed E-state index contributed by atoms with van der Waals surface area (Å²) in [6, 6.07) is -0.0939. The Kier molecular flexibility index (Phi) is 3.56. The summed E-state index contributed by atoms with van der Waals surface area (Å²) >= 11 is 0. The van der Waals surface area contributed by atoms with Gasteiger partial charge < -0.3 is 15.0 Å². The van der Waals surface area contributed by atoms with Crippen LogP contribution in [0.15, 0.2) is 12.4 Å². The van der Waals surface area contributed by atoms with Crippen molar-refractivity contribution in [3.8, 4) is 0 Å². The fourth-order valence-electron chi connectivity index (χ4n) is 1.95. The van der Waals surface area contributed by atoms with Crippen molar-refractivity contribution >= 4 is 6.09 Å². The molecule has 1 atom stereocenters. The number of aromatic nitrogens is 2. The van der Waals surface area contributed by atoms with Crippen LogP contribution < -0.4 is 5.32 Å². The molecule has 1 aromatic rings. The third-order valence-corrected chi connectivity index (χ3v) is 2.71. The Morgan fingerprint density at radius 1 is 1.56 bits per heavy atom. The van der Waals surface area contributed by atoms with Crippen LogP contribution in [0.25, 0.3) is 0 Å². The number of rotatable bonds is 1. The summed E-state index contributed by atoms with van der Waals surface area (Å²) in [5, 5.41) is 3.26. The van der Waals surface area contributed by atoms with Crippen molar-refractivity contribution in [2.75, 3.05) is 19.6 Å². The topological polar surface area (TPSA) is 70.2 Å². The van der Waals surface area contributed by atoms with Crippen LogP contribution in [0.5, 0.6) is 0 Å². The molecule has 0 radical (unpaired) electrons. The van der Waals surface area contributed by atoms with Gasteiger partial charge in [-0.15, -0.1) is 0 Å². The Bertz CT molecular complexity index is 397. The maximum absolute atomic E-state index is 12.2. The first-order valence-corrected chi connectivity index (χ1v) is 6.17. The fourth-order valence-corrected chi connectivity index (χ4v) is 1.95. The van der Waals surface area contributed by atoms with Crippen LogP contribution in [0.3, 0.4) is 0 Å². The Morgan fingerprint density at radius 3 is 2.94 bits per heavy atom. The molecule has 0 saturated carbocycles. The largest absolute Gasteiger partial charge is 0.444 e. The number of nitrogens with one attached hydrogen (secondary N) is 2. The molecule has 1 amide bonds. The molecule has 0 aromatic carbocycles. The molecule has 1 unspecified atom stereocenters. The zero-order valence-corrected chi connectivity index (χ0v) is 11.1. The second-order valence-electron chi connectivity index (χ2n) is 5.37. The lowest BCUT2D eigenvalue weighted by molar-refractivity contribution is 0.0109. The molecule has 1 aliphatic heterocycles. The molecule has 2 N–H and O–H groups in total. The molecular weight excluding hydrogens is 232 g/mol. The average molecular weight is 252 g/mol. The number of carbonyl (C=O) groups excluding carboxylic acids is 1. The summed E-state index contributed by atoms with van der Waals surface area (Å²) in [5.74, 6) is 0.785. The van der Waals surface area contributed by atoms with E-state index in [-0.39, 0.29) is 12.1 Å². The number of H-pyrrole nitrogens is 1. The normalized spacial score (nSPS) is 20.8. The summed E-state index contributed by atoms with van der Waals surface area (Å²) in [6.07, 6.45) is 3.17. The van der Waals surface area contributed by atoms with Crippen molar-refractivity contribution in [3.05, 3.63) is 18.2 Å². The summed E-state index contributed by atoms with van der Waals surface area (Å²) in [7, 11) is 0. The van der Waals surface area contributed by atoms with E-state index in [4.69, 9.17) is 4.74 Å². The lowest BCUT2D eigenvalue weighted by Crippen LogP contribution is -2.50. The highest BCUT2D eigenvalue weighted by Crippen LogP contribution is 2.21. The van der Waals surface area contributed by atoms with Crippen LogP contribution in [-0.4, -0.2) is 46.2 Å². The molecule has 1 saturated heterocycles. The highest BCUT2D eigenvalue weighted by atomic mass is 16.6. The van der Waals surface area contributed by atoms with E-state index in [2.05, 4.69) is 15.3 Å². The third-order valence-electron chi connectivity index (χ3n) is 2.71.